The number of carboxylic acids is 1. The van der Waals surface area contributed by atoms with Gasteiger partial charge in [-0.3, -0.25) is 4.90 Å². The summed E-state index contributed by atoms with van der Waals surface area (Å²) in [6.45, 7) is 8.06. The topological polar surface area (TPSA) is 75.1 Å². The summed E-state index contributed by atoms with van der Waals surface area (Å²) in [6.07, 6.45) is -4.40. The summed E-state index contributed by atoms with van der Waals surface area (Å²) < 4.78 is 51.1. The first-order valence-corrected chi connectivity index (χ1v) is 12.7. The third-order valence-electron chi connectivity index (χ3n) is 6.28. The Balaban J connectivity index is 1.50. The van der Waals surface area contributed by atoms with Gasteiger partial charge in [0.15, 0.2) is 10.7 Å². The molecule has 0 spiro atoms. The van der Waals surface area contributed by atoms with E-state index in [9.17, 15) is 23.1 Å². The number of fused-ring (bicyclic) bond motifs is 1. The van der Waals surface area contributed by atoms with Crippen LogP contribution in [0.4, 0.5) is 18.3 Å². The highest BCUT2D eigenvalue weighted by molar-refractivity contribution is 7.22. The van der Waals surface area contributed by atoms with Crippen LogP contribution in [0.3, 0.4) is 0 Å². The first-order chi connectivity index (χ1) is 17.4. The predicted molar refractivity (Wildman–Crippen MR) is 136 cm³/mol. The normalized spacial score (nSPS) is 17.4. The van der Waals surface area contributed by atoms with Crippen molar-refractivity contribution >= 4 is 32.7 Å². The van der Waals surface area contributed by atoms with Crippen molar-refractivity contribution in [3.05, 3.63) is 53.1 Å². The highest BCUT2D eigenvalue weighted by atomic mass is 32.1. The number of anilines is 1. The molecule has 0 radical (unpaired) electrons. The number of carboxylic acid groups (broad SMARTS) is 1. The fourth-order valence-electron chi connectivity index (χ4n) is 4.43. The van der Waals surface area contributed by atoms with Crippen LogP contribution < -0.4 is 9.64 Å². The molecule has 11 heteroatoms. The fraction of sp³-hybridized carbons (Fsp3) is 0.462. The number of aryl methyl sites for hydroxylation is 1. The molecular weight excluding hydrogens is 507 g/mol. The van der Waals surface area contributed by atoms with Gasteiger partial charge in [-0.25, -0.2) is 9.78 Å². The van der Waals surface area contributed by atoms with Gasteiger partial charge in [-0.1, -0.05) is 17.4 Å². The Morgan fingerprint density at radius 1 is 1.19 bits per heavy atom. The average molecular weight is 538 g/mol. The van der Waals surface area contributed by atoms with Crippen molar-refractivity contribution in [1.29, 1.82) is 0 Å². The van der Waals surface area contributed by atoms with E-state index in [1.807, 2.05) is 25.1 Å². The molecule has 1 aliphatic heterocycles. The highest BCUT2D eigenvalue weighted by Crippen LogP contribution is 2.36. The Morgan fingerprint density at radius 2 is 1.95 bits per heavy atom. The van der Waals surface area contributed by atoms with Crippen LogP contribution in [0.1, 0.15) is 30.5 Å². The average Bonchev–Trinajstić information content (AvgIpc) is 3.21. The number of alkyl halides is 3. The van der Waals surface area contributed by atoms with Crippen LogP contribution in [-0.4, -0.2) is 66.0 Å². The van der Waals surface area contributed by atoms with E-state index in [0.717, 1.165) is 23.3 Å². The monoisotopic (exact) mass is 537 g/mol. The number of ether oxygens (including phenoxy) is 2. The van der Waals surface area contributed by atoms with E-state index in [2.05, 4.69) is 14.8 Å². The lowest BCUT2D eigenvalue weighted by atomic mass is 10.1. The lowest BCUT2D eigenvalue weighted by Crippen LogP contribution is -2.54. The maximum absolute atomic E-state index is 13.1. The van der Waals surface area contributed by atoms with Gasteiger partial charge in [0.05, 0.1) is 28.4 Å². The second-order valence-electron chi connectivity index (χ2n) is 9.79. The minimum Gasteiger partial charge on any atom is -0.478 e. The molecule has 4 rings (SSSR count). The molecule has 7 nitrogen and oxygen atoms in total. The third-order valence-corrected chi connectivity index (χ3v) is 7.34. The van der Waals surface area contributed by atoms with Crippen LogP contribution in [0.15, 0.2) is 36.4 Å². The molecule has 1 N–H and O–H groups in total. The first-order valence-electron chi connectivity index (χ1n) is 11.8. The van der Waals surface area contributed by atoms with E-state index < -0.39 is 23.3 Å². The number of hydrogen-bond acceptors (Lipinski definition) is 7. The van der Waals surface area contributed by atoms with Gasteiger partial charge >= 0.3 is 12.1 Å². The van der Waals surface area contributed by atoms with Gasteiger partial charge < -0.3 is 19.5 Å². The van der Waals surface area contributed by atoms with Crippen LogP contribution in [0.25, 0.3) is 10.2 Å². The number of aromatic nitrogens is 1. The van der Waals surface area contributed by atoms with Crippen molar-refractivity contribution in [2.24, 2.45) is 0 Å². The Labute approximate surface area is 217 Å². The molecule has 1 fully saturated rings. The second kappa shape index (κ2) is 10.5. The number of rotatable bonds is 8. The van der Waals surface area contributed by atoms with Gasteiger partial charge in [-0.15, -0.1) is 0 Å². The molecule has 1 aromatic heterocycles. The van der Waals surface area contributed by atoms with Crippen molar-refractivity contribution in [3.8, 4) is 5.75 Å². The van der Waals surface area contributed by atoms with Gasteiger partial charge in [0.2, 0.25) is 0 Å². The van der Waals surface area contributed by atoms with E-state index in [-0.39, 0.29) is 6.04 Å². The number of aliphatic carboxylic acids is 1. The zero-order valence-corrected chi connectivity index (χ0v) is 21.9. The van der Waals surface area contributed by atoms with Crippen LogP contribution in [0.2, 0.25) is 0 Å². The molecule has 0 aliphatic carbocycles. The van der Waals surface area contributed by atoms with E-state index in [1.165, 1.54) is 31.3 Å². The summed E-state index contributed by atoms with van der Waals surface area (Å²) in [7, 11) is 1.62. The number of benzene rings is 2. The van der Waals surface area contributed by atoms with Gasteiger partial charge in [0.25, 0.3) is 0 Å². The van der Waals surface area contributed by atoms with E-state index >= 15 is 0 Å². The second-order valence-corrected chi connectivity index (χ2v) is 10.8. The number of thiazole rings is 1. The molecular formula is C26H30F3N3O4S. The van der Waals surface area contributed by atoms with Gasteiger partial charge in [0.1, 0.15) is 5.75 Å². The zero-order valence-electron chi connectivity index (χ0n) is 21.1. The molecule has 2 aromatic carbocycles. The van der Waals surface area contributed by atoms with Gasteiger partial charge in [-0.2, -0.15) is 13.2 Å². The van der Waals surface area contributed by atoms with Crippen molar-refractivity contribution in [1.82, 2.24) is 9.88 Å². The van der Waals surface area contributed by atoms with Crippen molar-refractivity contribution < 1.29 is 32.5 Å². The summed E-state index contributed by atoms with van der Waals surface area (Å²) in [5.74, 6) is -0.541. The largest absolute Gasteiger partial charge is 0.478 e. The number of hydrogen-bond donors (Lipinski definition) is 1. The summed E-state index contributed by atoms with van der Waals surface area (Å²) >= 11 is 1.26. The zero-order chi connectivity index (χ0) is 27.0. The SMILES string of the molecule is COC[C@@H]1CN(Cc2cc(C)cc(OC(C)(C)C(=O)O)c2)CCN1c1nc2ccc(C(F)(F)F)cc2s1. The molecule has 0 unspecified atom stereocenters. The molecule has 2 heterocycles. The quantitative estimate of drug-likeness (QED) is 0.423. The van der Waals surface area contributed by atoms with Gasteiger partial charge in [0, 0.05) is 33.3 Å². The van der Waals surface area contributed by atoms with Crippen LogP contribution in [0.5, 0.6) is 5.75 Å². The Morgan fingerprint density at radius 3 is 2.62 bits per heavy atom. The number of nitrogens with zero attached hydrogens (tertiary/aromatic N) is 3. The molecule has 37 heavy (non-hydrogen) atoms. The molecule has 0 saturated carbocycles. The van der Waals surface area contributed by atoms with Crippen molar-refractivity contribution in [3.63, 3.8) is 0 Å². The number of methoxy groups -OCH3 is 1. The molecule has 3 aromatic rings. The van der Waals surface area contributed by atoms with Crippen LogP contribution >= 0.6 is 11.3 Å². The predicted octanol–water partition coefficient (Wildman–Crippen LogP) is 5.20. The molecule has 1 saturated heterocycles. The minimum absolute atomic E-state index is 0.0344. The lowest BCUT2D eigenvalue weighted by Gasteiger charge is -2.41. The Kier molecular flexibility index (Phi) is 7.68. The smallest absolute Gasteiger partial charge is 0.416 e. The van der Waals surface area contributed by atoms with Crippen LogP contribution in [0, 0.1) is 6.92 Å². The summed E-state index contributed by atoms with van der Waals surface area (Å²) in [6, 6.07) is 9.33. The third kappa shape index (κ3) is 6.34. The number of halogens is 3. The maximum atomic E-state index is 13.1. The van der Waals surface area contributed by atoms with Crippen molar-refractivity contribution in [2.75, 3.05) is 38.3 Å². The first kappa shape index (κ1) is 27.2. The molecule has 1 aliphatic rings. The van der Waals surface area contributed by atoms with Gasteiger partial charge in [-0.05, 0) is 62.2 Å². The van der Waals surface area contributed by atoms with Crippen LogP contribution in [-0.2, 0) is 22.3 Å². The molecule has 200 valence electrons. The maximum Gasteiger partial charge on any atom is 0.416 e. The molecule has 0 amide bonds. The Hall–Kier alpha value is -2.89. The fourth-order valence-corrected chi connectivity index (χ4v) is 5.54. The number of carbonyl (C=O) groups is 1. The standard InChI is InChI=1S/C26H30F3N3O4S/c1-16-9-17(11-20(10-16)36-25(2,3)23(33)34)13-31-7-8-32(19(14-31)15-35-4)24-30-21-6-5-18(26(27,28)29)12-22(21)37-24/h5-6,9-12,19H,7-8,13-15H2,1-4H3,(H,33,34)/t19-/m0/s1. The van der Waals surface area contributed by atoms with E-state index in [1.54, 1.807) is 7.11 Å². The lowest BCUT2D eigenvalue weighted by molar-refractivity contribution is -0.152. The highest BCUT2D eigenvalue weighted by Gasteiger charge is 2.33. The summed E-state index contributed by atoms with van der Waals surface area (Å²) in [5.41, 5.74) is 0.483. The van der Waals surface area contributed by atoms with E-state index in [4.69, 9.17) is 9.47 Å². The van der Waals surface area contributed by atoms with E-state index in [0.29, 0.717) is 53.9 Å². The summed E-state index contributed by atoms with van der Waals surface area (Å²) in [4.78, 5) is 20.5. The minimum atomic E-state index is -4.40. The number of piperazine rings is 1. The van der Waals surface area contributed by atoms with Crippen molar-refractivity contribution in [2.45, 2.75) is 45.1 Å². The Bertz CT molecular complexity index is 1280. The molecule has 0 bridgehead atoms. The summed E-state index contributed by atoms with van der Waals surface area (Å²) in [5, 5.41) is 10.1. The molecule has 1 atom stereocenters.